The van der Waals surface area contributed by atoms with Crippen LogP contribution < -0.4 is 4.74 Å². The Bertz CT molecular complexity index is 591. The molecule has 1 saturated heterocycles. The van der Waals surface area contributed by atoms with Gasteiger partial charge >= 0.3 is 0 Å². The Balaban J connectivity index is 1.72. The maximum atomic E-state index is 14.0. The summed E-state index contributed by atoms with van der Waals surface area (Å²) in [7, 11) is 0. The zero-order valence-electron chi connectivity index (χ0n) is 11.2. The van der Waals surface area contributed by atoms with E-state index in [4.69, 9.17) is 9.84 Å². The van der Waals surface area contributed by atoms with E-state index in [1.807, 2.05) is 0 Å². The van der Waals surface area contributed by atoms with Crippen molar-refractivity contribution in [3.05, 3.63) is 34.6 Å². The molecular formula is C15H16FNO3. The van der Waals surface area contributed by atoms with Crippen molar-refractivity contribution in [2.75, 3.05) is 19.7 Å². The number of aliphatic hydroxyl groups is 1. The van der Waals surface area contributed by atoms with Crippen LogP contribution in [0.1, 0.15) is 18.1 Å². The third-order valence-corrected chi connectivity index (χ3v) is 3.77. The summed E-state index contributed by atoms with van der Waals surface area (Å²) < 4.78 is 19.7. The Morgan fingerprint density at radius 2 is 2.25 bits per heavy atom. The van der Waals surface area contributed by atoms with Crippen LogP contribution in [0.25, 0.3) is 6.08 Å². The molecule has 1 aliphatic carbocycles. The first-order chi connectivity index (χ1) is 9.56. The van der Waals surface area contributed by atoms with Gasteiger partial charge in [-0.2, -0.15) is 0 Å². The van der Waals surface area contributed by atoms with Crippen LogP contribution in [-0.4, -0.2) is 41.7 Å². The van der Waals surface area contributed by atoms with Crippen molar-refractivity contribution in [2.45, 2.75) is 19.4 Å². The summed E-state index contributed by atoms with van der Waals surface area (Å²) in [6, 6.07) is 3.17. The fraction of sp³-hybridized carbons (Fsp3) is 0.400. The Hall–Kier alpha value is -1.88. The lowest BCUT2D eigenvalue weighted by Crippen LogP contribution is -2.55. The monoisotopic (exact) mass is 277 g/mol. The van der Waals surface area contributed by atoms with Crippen molar-refractivity contribution in [2.24, 2.45) is 0 Å². The van der Waals surface area contributed by atoms with Gasteiger partial charge in [0.15, 0.2) is 0 Å². The number of amides is 1. The van der Waals surface area contributed by atoms with Crippen molar-refractivity contribution in [3.63, 3.8) is 0 Å². The average molecular weight is 277 g/mol. The van der Waals surface area contributed by atoms with Gasteiger partial charge < -0.3 is 14.7 Å². The highest BCUT2D eigenvalue weighted by molar-refractivity contribution is 5.74. The van der Waals surface area contributed by atoms with E-state index in [-0.39, 0.29) is 24.4 Å². The molecule has 3 rings (SSSR count). The highest BCUT2D eigenvalue weighted by Gasteiger charge is 2.30. The van der Waals surface area contributed by atoms with E-state index >= 15 is 0 Å². The minimum Gasteiger partial charge on any atom is -0.487 e. The average Bonchev–Trinajstić information content (AvgIpc) is 2.76. The summed E-state index contributed by atoms with van der Waals surface area (Å²) in [4.78, 5) is 12.8. The first-order valence-electron chi connectivity index (χ1n) is 6.61. The first kappa shape index (κ1) is 13.1. The van der Waals surface area contributed by atoms with Gasteiger partial charge in [-0.15, -0.1) is 0 Å². The molecule has 0 spiro atoms. The Morgan fingerprint density at radius 1 is 1.50 bits per heavy atom. The molecule has 1 heterocycles. The van der Waals surface area contributed by atoms with E-state index < -0.39 is 0 Å². The summed E-state index contributed by atoms with van der Waals surface area (Å²) >= 11 is 0. The maximum absolute atomic E-state index is 14.0. The van der Waals surface area contributed by atoms with E-state index in [2.05, 4.69) is 0 Å². The number of halogens is 1. The molecule has 5 heteroatoms. The van der Waals surface area contributed by atoms with Crippen LogP contribution >= 0.6 is 0 Å². The van der Waals surface area contributed by atoms with Crippen molar-refractivity contribution in [1.82, 2.24) is 4.90 Å². The van der Waals surface area contributed by atoms with Crippen molar-refractivity contribution in [1.29, 1.82) is 0 Å². The van der Waals surface area contributed by atoms with E-state index in [9.17, 15) is 9.18 Å². The van der Waals surface area contributed by atoms with Crippen LogP contribution in [0.2, 0.25) is 0 Å². The van der Waals surface area contributed by atoms with Crippen LogP contribution in [0.5, 0.6) is 5.75 Å². The lowest BCUT2D eigenvalue weighted by atomic mass is 10.1. The molecule has 1 fully saturated rings. The van der Waals surface area contributed by atoms with Crippen molar-refractivity contribution in [3.8, 4) is 5.75 Å². The van der Waals surface area contributed by atoms with Crippen LogP contribution in [0, 0.1) is 5.82 Å². The van der Waals surface area contributed by atoms with E-state index in [1.54, 1.807) is 17.0 Å². The normalized spacial score (nSPS) is 17.6. The second-order valence-electron chi connectivity index (χ2n) is 5.27. The van der Waals surface area contributed by atoms with Gasteiger partial charge in [0.25, 0.3) is 0 Å². The number of nitrogens with zero attached hydrogens (tertiary/aromatic N) is 1. The van der Waals surface area contributed by atoms with Gasteiger partial charge in [0.05, 0.1) is 19.7 Å². The molecule has 1 amide bonds. The van der Waals surface area contributed by atoms with Crippen LogP contribution in [0.4, 0.5) is 4.39 Å². The zero-order valence-corrected chi connectivity index (χ0v) is 11.2. The third kappa shape index (κ3) is 2.29. The molecule has 1 N–H and O–H groups in total. The molecule has 0 aromatic heterocycles. The van der Waals surface area contributed by atoms with Crippen LogP contribution in [0.15, 0.2) is 17.7 Å². The van der Waals surface area contributed by atoms with Gasteiger partial charge in [-0.05, 0) is 29.2 Å². The van der Waals surface area contributed by atoms with Gasteiger partial charge in [-0.1, -0.05) is 6.08 Å². The number of likely N-dealkylation sites (tertiary alicyclic amines) is 1. The van der Waals surface area contributed by atoms with E-state index in [0.717, 1.165) is 11.1 Å². The second-order valence-corrected chi connectivity index (χ2v) is 5.27. The van der Waals surface area contributed by atoms with Gasteiger partial charge in [0, 0.05) is 13.0 Å². The van der Waals surface area contributed by atoms with Gasteiger partial charge in [-0.3, -0.25) is 4.79 Å². The lowest BCUT2D eigenvalue weighted by Gasteiger charge is -2.38. The Morgan fingerprint density at radius 3 is 2.90 bits per heavy atom. The Labute approximate surface area is 116 Å². The second kappa shape index (κ2) is 4.90. The maximum Gasteiger partial charge on any atom is 0.219 e. The molecule has 0 unspecified atom stereocenters. The molecule has 0 atom stereocenters. The molecule has 20 heavy (non-hydrogen) atoms. The zero-order chi connectivity index (χ0) is 14.3. The summed E-state index contributed by atoms with van der Waals surface area (Å²) in [5.74, 6) is 0.199. The number of fused-ring (bicyclic) bond motifs is 1. The van der Waals surface area contributed by atoms with Crippen molar-refractivity contribution < 1.29 is 19.0 Å². The first-order valence-corrected chi connectivity index (χ1v) is 6.61. The molecule has 106 valence electrons. The van der Waals surface area contributed by atoms with E-state index in [0.29, 0.717) is 30.8 Å². The predicted octanol–water partition coefficient (Wildman–Crippen LogP) is 1.37. The van der Waals surface area contributed by atoms with Crippen LogP contribution in [0.3, 0.4) is 0 Å². The fourth-order valence-corrected chi connectivity index (χ4v) is 2.58. The molecule has 0 saturated carbocycles. The SMILES string of the molecule is CC(=O)N1CC(Oc2cc(F)c3c(c2)C=C(CO)C3)C1. The summed E-state index contributed by atoms with van der Waals surface area (Å²) in [6.45, 7) is 2.56. The molecule has 1 aliphatic heterocycles. The van der Waals surface area contributed by atoms with Gasteiger partial charge in [0.1, 0.15) is 17.7 Å². The molecule has 0 radical (unpaired) electrons. The summed E-state index contributed by atoms with van der Waals surface area (Å²) in [5, 5.41) is 9.11. The number of hydrogen-bond donors (Lipinski definition) is 1. The number of benzene rings is 1. The lowest BCUT2D eigenvalue weighted by molar-refractivity contribution is -0.137. The summed E-state index contributed by atoms with van der Waals surface area (Å²) in [6.07, 6.45) is 2.19. The summed E-state index contributed by atoms with van der Waals surface area (Å²) in [5.41, 5.74) is 2.19. The van der Waals surface area contributed by atoms with Gasteiger partial charge in [0.2, 0.25) is 5.91 Å². The molecule has 1 aromatic rings. The van der Waals surface area contributed by atoms with E-state index in [1.165, 1.54) is 13.0 Å². The smallest absolute Gasteiger partial charge is 0.219 e. The van der Waals surface area contributed by atoms with Crippen LogP contribution in [-0.2, 0) is 11.2 Å². The standard InChI is InChI=1S/C15H16FNO3/c1-9(19)17-6-13(7-17)20-12-4-11-2-10(8-18)3-14(11)15(16)5-12/h2,4-5,13,18H,3,6-8H2,1H3. The number of ether oxygens (including phenoxy) is 1. The number of aliphatic hydroxyl groups excluding tert-OH is 1. The van der Waals surface area contributed by atoms with Gasteiger partial charge in [-0.25, -0.2) is 4.39 Å². The number of carbonyl (C=O) groups excluding carboxylic acids is 1. The highest BCUT2D eigenvalue weighted by Crippen LogP contribution is 2.31. The fourth-order valence-electron chi connectivity index (χ4n) is 2.58. The number of rotatable bonds is 3. The molecular weight excluding hydrogens is 261 g/mol. The third-order valence-electron chi connectivity index (χ3n) is 3.77. The number of carbonyl (C=O) groups is 1. The molecule has 1 aromatic carbocycles. The minimum absolute atomic E-state index is 0.0282. The number of hydrogen-bond acceptors (Lipinski definition) is 3. The quantitative estimate of drug-likeness (QED) is 0.907. The predicted molar refractivity (Wildman–Crippen MR) is 71.8 cm³/mol. The molecule has 4 nitrogen and oxygen atoms in total. The topological polar surface area (TPSA) is 49.8 Å². The Kier molecular flexibility index (Phi) is 3.22. The molecule has 0 bridgehead atoms. The molecule has 2 aliphatic rings. The minimum atomic E-state index is -0.306. The largest absolute Gasteiger partial charge is 0.487 e. The highest BCUT2D eigenvalue weighted by atomic mass is 19.1. The van der Waals surface area contributed by atoms with Crippen molar-refractivity contribution >= 4 is 12.0 Å².